The normalized spacial score (nSPS) is 16.1. The summed E-state index contributed by atoms with van der Waals surface area (Å²) in [5.41, 5.74) is 7.06. The lowest BCUT2D eigenvalue weighted by molar-refractivity contribution is 0.0365. The molecule has 108 valence electrons. The SMILES string of the molecule is Cc1ccc(C#N)c(N2CCC(OCCCN)CC2)n1. The van der Waals surface area contributed by atoms with E-state index in [2.05, 4.69) is 16.0 Å². The van der Waals surface area contributed by atoms with Crippen LogP contribution in [0.4, 0.5) is 5.82 Å². The quantitative estimate of drug-likeness (QED) is 0.825. The van der Waals surface area contributed by atoms with Gasteiger partial charge in [-0.05, 0) is 44.9 Å². The van der Waals surface area contributed by atoms with Gasteiger partial charge in [0.1, 0.15) is 11.9 Å². The molecule has 0 unspecified atom stereocenters. The van der Waals surface area contributed by atoms with Gasteiger partial charge in [0.25, 0.3) is 0 Å². The number of nitrogens with two attached hydrogens (primary N) is 1. The summed E-state index contributed by atoms with van der Waals surface area (Å²) < 4.78 is 5.80. The maximum Gasteiger partial charge on any atom is 0.146 e. The molecule has 1 fully saturated rings. The smallest absolute Gasteiger partial charge is 0.146 e. The van der Waals surface area contributed by atoms with E-state index in [-0.39, 0.29) is 0 Å². The molecule has 2 heterocycles. The van der Waals surface area contributed by atoms with Crippen molar-refractivity contribution in [1.29, 1.82) is 5.26 Å². The predicted molar refractivity (Wildman–Crippen MR) is 78.5 cm³/mol. The number of ether oxygens (including phenoxy) is 1. The number of nitrogens with zero attached hydrogens (tertiary/aromatic N) is 3. The molecule has 0 amide bonds. The van der Waals surface area contributed by atoms with Crippen LogP contribution in [0.25, 0.3) is 0 Å². The Morgan fingerprint density at radius 3 is 2.85 bits per heavy atom. The fourth-order valence-corrected chi connectivity index (χ4v) is 2.44. The summed E-state index contributed by atoms with van der Waals surface area (Å²) in [6, 6.07) is 5.95. The van der Waals surface area contributed by atoms with Crippen LogP contribution in [0.15, 0.2) is 12.1 Å². The topological polar surface area (TPSA) is 75.2 Å². The van der Waals surface area contributed by atoms with Gasteiger partial charge in [-0.25, -0.2) is 4.98 Å². The Kier molecular flexibility index (Phi) is 5.33. The number of pyridine rings is 1. The number of aryl methyl sites for hydroxylation is 1. The van der Waals surface area contributed by atoms with Crippen LogP contribution in [-0.4, -0.2) is 37.3 Å². The number of aromatic nitrogens is 1. The van der Waals surface area contributed by atoms with Crippen LogP contribution in [0.1, 0.15) is 30.5 Å². The highest BCUT2D eigenvalue weighted by Crippen LogP contribution is 2.23. The van der Waals surface area contributed by atoms with Gasteiger partial charge in [-0.15, -0.1) is 0 Å². The third kappa shape index (κ3) is 3.69. The molecule has 1 aliphatic rings. The molecule has 0 saturated carbocycles. The van der Waals surface area contributed by atoms with Gasteiger partial charge < -0.3 is 15.4 Å². The van der Waals surface area contributed by atoms with Crippen molar-refractivity contribution in [2.75, 3.05) is 31.1 Å². The van der Waals surface area contributed by atoms with Crippen LogP contribution in [0.5, 0.6) is 0 Å². The lowest BCUT2D eigenvalue weighted by Gasteiger charge is -2.33. The van der Waals surface area contributed by atoms with Crippen LogP contribution in [0.2, 0.25) is 0 Å². The van der Waals surface area contributed by atoms with E-state index >= 15 is 0 Å². The molecule has 1 aliphatic heterocycles. The summed E-state index contributed by atoms with van der Waals surface area (Å²) in [4.78, 5) is 6.70. The summed E-state index contributed by atoms with van der Waals surface area (Å²) >= 11 is 0. The summed E-state index contributed by atoms with van der Waals surface area (Å²) in [6.07, 6.45) is 3.18. The molecular weight excluding hydrogens is 252 g/mol. The van der Waals surface area contributed by atoms with Crippen LogP contribution in [0, 0.1) is 18.3 Å². The minimum Gasteiger partial charge on any atom is -0.378 e. The first-order valence-corrected chi connectivity index (χ1v) is 7.19. The van der Waals surface area contributed by atoms with Gasteiger partial charge in [0.05, 0.1) is 11.7 Å². The monoisotopic (exact) mass is 274 g/mol. The molecule has 0 radical (unpaired) electrons. The molecule has 1 saturated heterocycles. The molecule has 0 spiro atoms. The highest BCUT2D eigenvalue weighted by atomic mass is 16.5. The Hall–Kier alpha value is -1.64. The third-order valence-electron chi connectivity index (χ3n) is 3.58. The standard InChI is InChI=1S/C15H22N4O/c1-12-3-4-13(11-17)15(18-12)19-8-5-14(6-9-19)20-10-2-7-16/h3-4,14H,2,5-10,16H2,1H3. The van der Waals surface area contributed by atoms with Crippen LogP contribution >= 0.6 is 0 Å². The number of rotatable bonds is 5. The van der Waals surface area contributed by atoms with E-state index in [0.29, 0.717) is 18.2 Å². The fourth-order valence-electron chi connectivity index (χ4n) is 2.44. The number of nitriles is 1. The van der Waals surface area contributed by atoms with Crippen molar-refractivity contribution in [3.63, 3.8) is 0 Å². The summed E-state index contributed by atoms with van der Waals surface area (Å²) in [6.45, 7) is 5.15. The molecule has 1 aromatic heterocycles. The largest absolute Gasteiger partial charge is 0.378 e. The van der Waals surface area contributed by atoms with E-state index in [1.165, 1.54) is 0 Å². The Morgan fingerprint density at radius 2 is 2.20 bits per heavy atom. The molecule has 2 rings (SSSR count). The molecule has 20 heavy (non-hydrogen) atoms. The Morgan fingerprint density at radius 1 is 1.45 bits per heavy atom. The van der Waals surface area contributed by atoms with Gasteiger partial charge in [-0.1, -0.05) is 0 Å². The van der Waals surface area contributed by atoms with Gasteiger partial charge in [0.15, 0.2) is 0 Å². The molecule has 0 aliphatic carbocycles. The second kappa shape index (κ2) is 7.22. The second-order valence-corrected chi connectivity index (χ2v) is 5.14. The highest BCUT2D eigenvalue weighted by molar-refractivity contribution is 5.54. The maximum atomic E-state index is 9.18. The average molecular weight is 274 g/mol. The first kappa shape index (κ1) is 14.8. The predicted octanol–water partition coefficient (Wildman–Crippen LogP) is 1.60. The lowest BCUT2D eigenvalue weighted by atomic mass is 10.1. The van der Waals surface area contributed by atoms with Crippen LogP contribution in [0.3, 0.4) is 0 Å². The van der Waals surface area contributed by atoms with E-state index in [1.807, 2.05) is 19.1 Å². The molecule has 5 heteroatoms. The van der Waals surface area contributed by atoms with Gasteiger partial charge in [0.2, 0.25) is 0 Å². The number of piperidine rings is 1. The van der Waals surface area contributed by atoms with Gasteiger partial charge in [0, 0.05) is 25.4 Å². The number of hydrogen-bond donors (Lipinski definition) is 1. The molecule has 2 N–H and O–H groups in total. The van der Waals surface area contributed by atoms with E-state index in [9.17, 15) is 5.26 Å². The zero-order chi connectivity index (χ0) is 14.4. The van der Waals surface area contributed by atoms with E-state index < -0.39 is 0 Å². The number of anilines is 1. The van der Waals surface area contributed by atoms with E-state index in [4.69, 9.17) is 10.5 Å². The summed E-state index contributed by atoms with van der Waals surface area (Å²) in [7, 11) is 0. The second-order valence-electron chi connectivity index (χ2n) is 5.14. The Balaban J connectivity index is 1.94. The van der Waals surface area contributed by atoms with Crippen LogP contribution < -0.4 is 10.6 Å². The minimum atomic E-state index is 0.313. The van der Waals surface area contributed by atoms with Gasteiger partial charge in [-0.3, -0.25) is 0 Å². The average Bonchev–Trinajstić information content (AvgIpc) is 2.48. The Bertz CT molecular complexity index is 475. The zero-order valence-corrected chi connectivity index (χ0v) is 12.0. The Labute approximate surface area is 120 Å². The molecule has 5 nitrogen and oxygen atoms in total. The first-order chi connectivity index (χ1) is 9.74. The van der Waals surface area contributed by atoms with Crippen molar-refractivity contribution in [3.05, 3.63) is 23.4 Å². The first-order valence-electron chi connectivity index (χ1n) is 7.19. The van der Waals surface area contributed by atoms with Crippen molar-refractivity contribution < 1.29 is 4.74 Å². The maximum absolute atomic E-state index is 9.18. The zero-order valence-electron chi connectivity index (χ0n) is 12.0. The van der Waals surface area contributed by atoms with Gasteiger partial charge in [-0.2, -0.15) is 5.26 Å². The molecular formula is C15H22N4O. The lowest BCUT2D eigenvalue weighted by Crippen LogP contribution is -2.38. The summed E-state index contributed by atoms with van der Waals surface area (Å²) in [5.74, 6) is 0.813. The third-order valence-corrected chi connectivity index (χ3v) is 3.58. The molecule has 0 atom stereocenters. The highest BCUT2D eigenvalue weighted by Gasteiger charge is 2.22. The molecule has 0 aromatic carbocycles. The van der Waals surface area contributed by atoms with E-state index in [1.54, 1.807) is 0 Å². The minimum absolute atomic E-state index is 0.313. The fraction of sp³-hybridized carbons (Fsp3) is 0.600. The van der Waals surface area contributed by atoms with Crippen molar-refractivity contribution in [3.8, 4) is 6.07 Å². The van der Waals surface area contributed by atoms with Crippen molar-refractivity contribution in [2.45, 2.75) is 32.3 Å². The number of hydrogen-bond acceptors (Lipinski definition) is 5. The molecule has 1 aromatic rings. The van der Waals surface area contributed by atoms with E-state index in [0.717, 1.165) is 50.5 Å². The van der Waals surface area contributed by atoms with Crippen LogP contribution in [-0.2, 0) is 4.74 Å². The summed E-state index contributed by atoms with van der Waals surface area (Å²) in [5, 5.41) is 9.18. The van der Waals surface area contributed by atoms with Crippen molar-refractivity contribution in [2.24, 2.45) is 5.73 Å². The van der Waals surface area contributed by atoms with Crippen molar-refractivity contribution >= 4 is 5.82 Å². The van der Waals surface area contributed by atoms with Crippen molar-refractivity contribution in [1.82, 2.24) is 4.98 Å². The molecule has 0 bridgehead atoms. The van der Waals surface area contributed by atoms with Gasteiger partial charge >= 0.3 is 0 Å².